The Labute approximate surface area is 122 Å². The van der Waals surface area contributed by atoms with Crippen molar-refractivity contribution in [1.82, 2.24) is 5.32 Å². The summed E-state index contributed by atoms with van der Waals surface area (Å²) in [7, 11) is 1.45. The lowest BCUT2D eigenvalue weighted by molar-refractivity contribution is -0.131. The summed E-state index contributed by atoms with van der Waals surface area (Å²) in [6.45, 7) is -0.0550. The van der Waals surface area contributed by atoms with Gasteiger partial charge in [0, 0.05) is 6.08 Å². The van der Waals surface area contributed by atoms with E-state index in [9.17, 15) is 9.59 Å². The van der Waals surface area contributed by atoms with Gasteiger partial charge >= 0.3 is 5.97 Å². The third-order valence-corrected chi connectivity index (χ3v) is 2.35. The molecule has 0 saturated heterocycles. The minimum Gasteiger partial charge on any atom is -0.493 e. The van der Waals surface area contributed by atoms with Gasteiger partial charge in [0.2, 0.25) is 0 Å². The average Bonchev–Trinajstić information content (AvgIpc) is 2.48. The topological polar surface area (TPSA) is 84.9 Å². The lowest BCUT2D eigenvalue weighted by Crippen LogP contribution is -2.29. The van der Waals surface area contributed by atoms with Crippen molar-refractivity contribution in [2.24, 2.45) is 0 Å². The molecule has 1 amide bonds. The fourth-order valence-corrected chi connectivity index (χ4v) is 1.42. The molecule has 1 aromatic rings. The van der Waals surface area contributed by atoms with Gasteiger partial charge in [-0.2, -0.15) is 0 Å². The van der Waals surface area contributed by atoms with Crippen LogP contribution in [0.3, 0.4) is 0 Å². The second-order valence-electron chi connectivity index (χ2n) is 3.85. The van der Waals surface area contributed by atoms with Gasteiger partial charge in [0.15, 0.2) is 18.1 Å². The number of aliphatic carboxylic acids is 1. The zero-order valence-electron chi connectivity index (χ0n) is 11.5. The number of methoxy groups -OCH3 is 1. The fourth-order valence-electron chi connectivity index (χ4n) is 1.42. The van der Waals surface area contributed by atoms with Crippen LogP contribution >= 0.6 is 0 Å². The van der Waals surface area contributed by atoms with Crippen LogP contribution in [0.15, 0.2) is 24.3 Å². The largest absolute Gasteiger partial charge is 0.493 e. The molecule has 21 heavy (non-hydrogen) atoms. The van der Waals surface area contributed by atoms with Crippen LogP contribution in [0.2, 0.25) is 0 Å². The average molecular weight is 289 g/mol. The summed E-state index contributed by atoms with van der Waals surface area (Å²) in [5.41, 5.74) is 0.637. The second-order valence-corrected chi connectivity index (χ2v) is 3.85. The molecule has 0 unspecified atom stereocenters. The second kappa shape index (κ2) is 8.27. The van der Waals surface area contributed by atoms with Gasteiger partial charge in [0.25, 0.3) is 5.91 Å². The third kappa shape index (κ3) is 5.70. The Morgan fingerprint density at radius 3 is 2.81 bits per heavy atom. The molecule has 0 aliphatic rings. The summed E-state index contributed by atoms with van der Waals surface area (Å²) in [6.07, 6.45) is 7.46. The quantitative estimate of drug-likeness (QED) is 0.576. The Bertz CT molecular complexity index is 586. The highest BCUT2D eigenvalue weighted by atomic mass is 16.5. The minimum absolute atomic E-state index is 0.137. The van der Waals surface area contributed by atoms with Crippen molar-refractivity contribution in [3.63, 3.8) is 0 Å². The standard InChI is InChI=1S/C15H15NO5/c1-3-8-16-14(17)10-21-12-6-4-11(5-7-15(18)19)9-13(12)20-2/h1,4-7,9H,8,10H2,2H3,(H,16,17)(H,18,19)/b7-5+. The van der Waals surface area contributed by atoms with Gasteiger partial charge in [-0.1, -0.05) is 12.0 Å². The molecule has 1 aromatic carbocycles. The van der Waals surface area contributed by atoms with Crippen molar-refractivity contribution in [1.29, 1.82) is 0 Å². The Balaban J connectivity index is 2.73. The van der Waals surface area contributed by atoms with Crippen molar-refractivity contribution in [2.45, 2.75) is 0 Å². The van der Waals surface area contributed by atoms with E-state index in [4.69, 9.17) is 21.0 Å². The van der Waals surface area contributed by atoms with E-state index in [1.54, 1.807) is 18.2 Å². The number of ether oxygens (including phenoxy) is 2. The number of amides is 1. The Morgan fingerprint density at radius 1 is 1.43 bits per heavy atom. The van der Waals surface area contributed by atoms with E-state index in [0.29, 0.717) is 17.1 Å². The summed E-state index contributed by atoms with van der Waals surface area (Å²) in [6, 6.07) is 4.85. The lowest BCUT2D eigenvalue weighted by atomic mass is 10.2. The molecule has 0 bridgehead atoms. The van der Waals surface area contributed by atoms with E-state index in [1.165, 1.54) is 13.2 Å². The zero-order chi connectivity index (χ0) is 15.7. The molecule has 0 radical (unpaired) electrons. The van der Waals surface area contributed by atoms with Crippen LogP contribution in [-0.4, -0.2) is 37.2 Å². The predicted octanol–water partition coefficient (Wildman–Crippen LogP) is 0.921. The molecule has 0 saturated carbocycles. The summed E-state index contributed by atoms with van der Waals surface area (Å²) < 4.78 is 10.5. The summed E-state index contributed by atoms with van der Waals surface area (Å²) >= 11 is 0. The van der Waals surface area contributed by atoms with Gasteiger partial charge in [-0.15, -0.1) is 6.42 Å². The first-order chi connectivity index (χ1) is 10.1. The molecule has 6 heteroatoms. The smallest absolute Gasteiger partial charge is 0.328 e. The number of nitrogens with one attached hydrogen (secondary N) is 1. The van der Waals surface area contributed by atoms with Crippen LogP contribution in [0, 0.1) is 12.3 Å². The highest BCUT2D eigenvalue weighted by Crippen LogP contribution is 2.28. The maximum atomic E-state index is 11.4. The number of carbonyl (C=O) groups is 2. The minimum atomic E-state index is -1.04. The molecule has 0 aliphatic heterocycles. The number of benzene rings is 1. The molecule has 2 N–H and O–H groups in total. The number of carbonyl (C=O) groups excluding carboxylic acids is 1. The number of terminal acetylenes is 1. The van der Waals surface area contributed by atoms with Crippen molar-refractivity contribution < 1.29 is 24.2 Å². The molecule has 0 fully saturated rings. The van der Waals surface area contributed by atoms with E-state index in [1.807, 2.05) is 0 Å². The molecule has 1 rings (SSSR count). The Morgan fingerprint density at radius 2 is 2.19 bits per heavy atom. The molecule has 110 valence electrons. The maximum Gasteiger partial charge on any atom is 0.328 e. The first kappa shape index (κ1) is 16.1. The Kier molecular flexibility index (Phi) is 6.35. The van der Waals surface area contributed by atoms with Gasteiger partial charge < -0.3 is 19.9 Å². The number of carboxylic acid groups (broad SMARTS) is 1. The molecular formula is C15H15NO5. The summed E-state index contributed by atoms with van der Waals surface area (Å²) in [5, 5.41) is 11.0. The van der Waals surface area contributed by atoms with E-state index in [0.717, 1.165) is 6.08 Å². The maximum absolute atomic E-state index is 11.4. The van der Waals surface area contributed by atoms with Crippen LogP contribution < -0.4 is 14.8 Å². The van der Waals surface area contributed by atoms with E-state index >= 15 is 0 Å². The number of hydrogen-bond donors (Lipinski definition) is 2. The van der Waals surface area contributed by atoms with Crippen LogP contribution in [0.5, 0.6) is 11.5 Å². The SMILES string of the molecule is C#CCNC(=O)COc1ccc(/C=C/C(=O)O)cc1OC. The summed E-state index contributed by atoms with van der Waals surface area (Å²) in [5.74, 6) is 1.67. The monoisotopic (exact) mass is 289 g/mol. The molecule has 0 aromatic heterocycles. The van der Waals surface area contributed by atoms with Gasteiger partial charge in [-0.3, -0.25) is 4.79 Å². The van der Waals surface area contributed by atoms with Crippen molar-refractivity contribution in [3.05, 3.63) is 29.8 Å². The highest BCUT2D eigenvalue weighted by Gasteiger charge is 2.07. The van der Waals surface area contributed by atoms with Gasteiger partial charge in [-0.25, -0.2) is 4.79 Å². The van der Waals surface area contributed by atoms with E-state index < -0.39 is 5.97 Å². The zero-order valence-corrected chi connectivity index (χ0v) is 11.5. The molecule has 0 atom stereocenters. The van der Waals surface area contributed by atoms with Crippen molar-refractivity contribution in [2.75, 3.05) is 20.3 Å². The van der Waals surface area contributed by atoms with Crippen LogP contribution in [0.1, 0.15) is 5.56 Å². The van der Waals surface area contributed by atoms with E-state index in [2.05, 4.69) is 11.2 Å². The number of carboxylic acids is 1. The van der Waals surface area contributed by atoms with Crippen LogP contribution in [0.25, 0.3) is 6.08 Å². The van der Waals surface area contributed by atoms with Crippen molar-refractivity contribution in [3.8, 4) is 23.8 Å². The summed E-state index contributed by atoms with van der Waals surface area (Å²) in [4.78, 5) is 21.8. The van der Waals surface area contributed by atoms with E-state index in [-0.39, 0.29) is 19.1 Å². The fraction of sp³-hybridized carbons (Fsp3) is 0.200. The Hall–Kier alpha value is -2.94. The predicted molar refractivity (Wildman–Crippen MR) is 77.0 cm³/mol. The molecular weight excluding hydrogens is 274 g/mol. The normalized spacial score (nSPS) is 9.90. The van der Waals surface area contributed by atoms with Gasteiger partial charge in [-0.05, 0) is 23.8 Å². The first-order valence-corrected chi connectivity index (χ1v) is 5.99. The molecule has 0 heterocycles. The van der Waals surface area contributed by atoms with Crippen LogP contribution in [0.4, 0.5) is 0 Å². The third-order valence-electron chi connectivity index (χ3n) is 2.35. The molecule has 0 spiro atoms. The lowest BCUT2D eigenvalue weighted by Gasteiger charge is -2.11. The number of hydrogen-bond acceptors (Lipinski definition) is 4. The van der Waals surface area contributed by atoms with Crippen molar-refractivity contribution >= 4 is 18.0 Å². The number of rotatable bonds is 7. The molecule has 0 aliphatic carbocycles. The van der Waals surface area contributed by atoms with Gasteiger partial charge in [0.05, 0.1) is 13.7 Å². The van der Waals surface area contributed by atoms with Gasteiger partial charge in [0.1, 0.15) is 0 Å². The highest BCUT2D eigenvalue weighted by molar-refractivity contribution is 5.85. The van der Waals surface area contributed by atoms with Crippen LogP contribution in [-0.2, 0) is 9.59 Å². The first-order valence-electron chi connectivity index (χ1n) is 5.99. The molecule has 6 nitrogen and oxygen atoms in total.